The van der Waals surface area contributed by atoms with E-state index in [9.17, 15) is 4.79 Å². The topological polar surface area (TPSA) is 76.4 Å². The van der Waals surface area contributed by atoms with Crippen LogP contribution in [0.1, 0.15) is 52.9 Å². The van der Waals surface area contributed by atoms with Crippen LogP contribution in [0.3, 0.4) is 0 Å². The standard InChI is InChI=1S/C14H29N3O2/c1-13(2,3)19-12(18)16-11-14(7-4-5-8-14)17-10-6-9-15/h17H,4-11,15H2,1-3H3,(H,16,18). The molecule has 1 amide bonds. The molecule has 4 N–H and O–H groups in total. The predicted octanol–water partition coefficient (Wildman–Crippen LogP) is 1.76. The summed E-state index contributed by atoms with van der Waals surface area (Å²) in [5.41, 5.74) is 5.11. The van der Waals surface area contributed by atoms with E-state index in [1.807, 2.05) is 20.8 Å². The molecule has 1 rings (SSSR count). The molecule has 5 nitrogen and oxygen atoms in total. The number of hydrogen-bond donors (Lipinski definition) is 3. The van der Waals surface area contributed by atoms with Gasteiger partial charge in [0.05, 0.1) is 0 Å². The Hall–Kier alpha value is -0.810. The van der Waals surface area contributed by atoms with Crippen LogP contribution in [0.15, 0.2) is 0 Å². The van der Waals surface area contributed by atoms with Crippen LogP contribution in [-0.4, -0.2) is 36.9 Å². The molecule has 0 aromatic rings. The first kappa shape index (κ1) is 16.2. The molecule has 0 unspecified atom stereocenters. The van der Waals surface area contributed by atoms with Crippen molar-refractivity contribution in [2.75, 3.05) is 19.6 Å². The average molecular weight is 271 g/mol. The number of rotatable bonds is 6. The molecule has 0 atom stereocenters. The van der Waals surface area contributed by atoms with Crippen LogP contribution in [-0.2, 0) is 4.74 Å². The van der Waals surface area contributed by atoms with Gasteiger partial charge in [0, 0.05) is 12.1 Å². The summed E-state index contributed by atoms with van der Waals surface area (Å²) in [6.45, 7) is 7.85. The normalized spacial score (nSPS) is 18.3. The fourth-order valence-electron chi connectivity index (χ4n) is 2.48. The molecule has 19 heavy (non-hydrogen) atoms. The van der Waals surface area contributed by atoms with Gasteiger partial charge in [0.25, 0.3) is 0 Å². The molecule has 5 heteroatoms. The molecule has 0 radical (unpaired) electrons. The fourth-order valence-corrected chi connectivity index (χ4v) is 2.48. The number of amides is 1. The maximum atomic E-state index is 11.7. The molecule has 1 aliphatic rings. The van der Waals surface area contributed by atoms with E-state index >= 15 is 0 Å². The molecule has 0 aliphatic heterocycles. The number of carbonyl (C=O) groups excluding carboxylic acids is 1. The molecule has 0 heterocycles. The van der Waals surface area contributed by atoms with Crippen molar-refractivity contribution in [1.29, 1.82) is 0 Å². The Kier molecular flexibility index (Phi) is 6.07. The molecule has 112 valence electrons. The zero-order valence-electron chi connectivity index (χ0n) is 12.6. The molecular weight excluding hydrogens is 242 g/mol. The van der Waals surface area contributed by atoms with Crippen molar-refractivity contribution in [3.63, 3.8) is 0 Å². The fraction of sp³-hybridized carbons (Fsp3) is 0.929. The third kappa shape index (κ3) is 6.25. The van der Waals surface area contributed by atoms with Crippen molar-refractivity contribution in [2.24, 2.45) is 5.73 Å². The van der Waals surface area contributed by atoms with Gasteiger partial charge in [-0.05, 0) is 53.1 Å². The zero-order chi connectivity index (χ0) is 14.4. The van der Waals surface area contributed by atoms with E-state index in [-0.39, 0.29) is 11.6 Å². The van der Waals surface area contributed by atoms with E-state index in [4.69, 9.17) is 10.5 Å². The monoisotopic (exact) mass is 271 g/mol. The maximum absolute atomic E-state index is 11.7. The van der Waals surface area contributed by atoms with Crippen molar-refractivity contribution in [2.45, 2.75) is 64.0 Å². The highest BCUT2D eigenvalue weighted by molar-refractivity contribution is 5.67. The molecule has 0 bridgehead atoms. The Morgan fingerprint density at radius 2 is 1.95 bits per heavy atom. The van der Waals surface area contributed by atoms with E-state index in [1.165, 1.54) is 12.8 Å². The SMILES string of the molecule is CC(C)(C)OC(=O)NCC1(NCCCN)CCCC1. The first-order valence-corrected chi connectivity index (χ1v) is 7.29. The van der Waals surface area contributed by atoms with Gasteiger partial charge >= 0.3 is 6.09 Å². The highest BCUT2D eigenvalue weighted by Gasteiger charge is 2.33. The number of ether oxygens (including phenoxy) is 1. The first-order valence-electron chi connectivity index (χ1n) is 7.29. The Morgan fingerprint density at radius 3 is 2.47 bits per heavy atom. The second-order valence-electron chi connectivity index (χ2n) is 6.41. The highest BCUT2D eigenvalue weighted by atomic mass is 16.6. The Balaban J connectivity index is 2.39. The minimum Gasteiger partial charge on any atom is -0.444 e. The Bertz CT molecular complexity index is 281. The minimum atomic E-state index is -0.445. The van der Waals surface area contributed by atoms with E-state index < -0.39 is 5.60 Å². The molecule has 1 aliphatic carbocycles. The van der Waals surface area contributed by atoms with Crippen LogP contribution < -0.4 is 16.4 Å². The van der Waals surface area contributed by atoms with Crippen molar-refractivity contribution >= 4 is 6.09 Å². The van der Waals surface area contributed by atoms with Gasteiger partial charge in [0.2, 0.25) is 0 Å². The van der Waals surface area contributed by atoms with E-state index in [1.54, 1.807) is 0 Å². The van der Waals surface area contributed by atoms with Gasteiger partial charge < -0.3 is 21.1 Å². The van der Waals surface area contributed by atoms with Crippen LogP contribution in [0.2, 0.25) is 0 Å². The summed E-state index contributed by atoms with van der Waals surface area (Å²) in [6.07, 6.45) is 5.27. The van der Waals surface area contributed by atoms with Gasteiger partial charge in [-0.3, -0.25) is 0 Å². The maximum Gasteiger partial charge on any atom is 0.407 e. The van der Waals surface area contributed by atoms with E-state index in [0.717, 1.165) is 25.8 Å². The number of nitrogens with two attached hydrogens (primary N) is 1. The van der Waals surface area contributed by atoms with Crippen molar-refractivity contribution in [3.05, 3.63) is 0 Å². The number of nitrogens with one attached hydrogen (secondary N) is 2. The Labute approximate surface area is 116 Å². The highest BCUT2D eigenvalue weighted by Crippen LogP contribution is 2.29. The van der Waals surface area contributed by atoms with Gasteiger partial charge in [-0.1, -0.05) is 12.8 Å². The van der Waals surface area contributed by atoms with Gasteiger partial charge in [0.1, 0.15) is 5.60 Å². The molecule has 1 saturated carbocycles. The first-order chi connectivity index (χ1) is 8.87. The number of carbonyl (C=O) groups is 1. The second-order valence-corrected chi connectivity index (χ2v) is 6.41. The third-order valence-electron chi connectivity index (χ3n) is 3.41. The summed E-state index contributed by atoms with van der Waals surface area (Å²) in [5.74, 6) is 0. The third-order valence-corrected chi connectivity index (χ3v) is 3.41. The van der Waals surface area contributed by atoms with Crippen molar-refractivity contribution < 1.29 is 9.53 Å². The summed E-state index contributed by atoms with van der Waals surface area (Å²) in [5, 5.41) is 6.46. The summed E-state index contributed by atoms with van der Waals surface area (Å²) in [4.78, 5) is 11.7. The summed E-state index contributed by atoms with van der Waals surface area (Å²) in [7, 11) is 0. The quantitative estimate of drug-likeness (QED) is 0.643. The minimum absolute atomic E-state index is 0.0338. The smallest absolute Gasteiger partial charge is 0.407 e. The lowest BCUT2D eigenvalue weighted by molar-refractivity contribution is 0.0509. The lowest BCUT2D eigenvalue weighted by Gasteiger charge is -2.31. The molecule has 1 fully saturated rings. The van der Waals surface area contributed by atoms with Crippen LogP contribution in [0, 0.1) is 0 Å². The lowest BCUT2D eigenvalue weighted by Crippen LogP contribution is -2.52. The van der Waals surface area contributed by atoms with Crippen LogP contribution in [0.4, 0.5) is 4.79 Å². The summed E-state index contributed by atoms with van der Waals surface area (Å²) < 4.78 is 5.27. The molecule has 0 aromatic carbocycles. The summed E-state index contributed by atoms with van der Waals surface area (Å²) >= 11 is 0. The van der Waals surface area contributed by atoms with Crippen LogP contribution in [0.25, 0.3) is 0 Å². The predicted molar refractivity (Wildman–Crippen MR) is 77.1 cm³/mol. The molecular formula is C14H29N3O2. The van der Waals surface area contributed by atoms with Gasteiger partial charge in [-0.25, -0.2) is 4.79 Å². The van der Waals surface area contributed by atoms with E-state index in [0.29, 0.717) is 13.1 Å². The second kappa shape index (κ2) is 7.10. The molecule has 0 aromatic heterocycles. The van der Waals surface area contributed by atoms with Gasteiger partial charge in [-0.15, -0.1) is 0 Å². The van der Waals surface area contributed by atoms with Gasteiger partial charge in [-0.2, -0.15) is 0 Å². The Morgan fingerprint density at radius 1 is 1.32 bits per heavy atom. The van der Waals surface area contributed by atoms with Crippen molar-refractivity contribution in [1.82, 2.24) is 10.6 Å². The van der Waals surface area contributed by atoms with Crippen LogP contribution >= 0.6 is 0 Å². The molecule has 0 saturated heterocycles. The summed E-state index contributed by atoms with van der Waals surface area (Å²) in [6, 6.07) is 0. The average Bonchev–Trinajstić information content (AvgIpc) is 2.74. The van der Waals surface area contributed by atoms with Gasteiger partial charge in [0.15, 0.2) is 0 Å². The number of alkyl carbamates (subject to hydrolysis) is 1. The number of hydrogen-bond acceptors (Lipinski definition) is 4. The molecule has 0 spiro atoms. The van der Waals surface area contributed by atoms with Crippen LogP contribution in [0.5, 0.6) is 0 Å². The largest absolute Gasteiger partial charge is 0.444 e. The van der Waals surface area contributed by atoms with E-state index in [2.05, 4.69) is 10.6 Å². The zero-order valence-corrected chi connectivity index (χ0v) is 12.6. The van der Waals surface area contributed by atoms with Crippen molar-refractivity contribution in [3.8, 4) is 0 Å². The lowest BCUT2D eigenvalue weighted by atomic mass is 9.97.